The Morgan fingerprint density at radius 1 is 1.07 bits per heavy atom. The van der Waals surface area contributed by atoms with Gasteiger partial charge in [-0.15, -0.1) is 0 Å². The summed E-state index contributed by atoms with van der Waals surface area (Å²) in [6, 6.07) is 4.32. The number of halogens is 2. The molecule has 0 amide bonds. The molecular formula is C19H19ClFNO7. The van der Waals surface area contributed by atoms with Crippen LogP contribution in [0.2, 0.25) is 5.02 Å². The molecule has 1 aliphatic heterocycles. The minimum absolute atomic E-state index is 0.0911. The zero-order valence-electron chi connectivity index (χ0n) is 15.9. The maximum absolute atomic E-state index is 13.8. The SMILES string of the molecule is CC(=O)O[C@@H]1[C@@H](OC(C)=O)[C@H](OC(C)=O)CO[C@H]1n1ccc2cc(F)c(Cl)cc21. The van der Waals surface area contributed by atoms with Gasteiger partial charge in [0.25, 0.3) is 0 Å². The van der Waals surface area contributed by atoms with E-state index in [0.717, 1.165) is 0 Å². The van der Waals surface area contributed by atoms with Crippen molar-refractivity contribution in [1.29, 1.82) is 0 Å². The van der Waals surface area contributed by atoms with Gasteiger partial charge in [0.05, 0.1) is 17.1 Å². The summed E-state index contributed by atoms with van der Waals surface area (Å²) in [5.74, 6) is -2.48. The Labute approximate surface area is 170 Å². The lowest BCUT2D eigenvalue weighted by Gasteiger charge is -2.41. The minimum Gasteiger partial charge on any atom is -0.456 e. The van der Waals surface area contributed by atoms with E-state index in [1.807, 2.05) is 0 Å². The zero-order chi connectivity index (χ0) is 21.3. The summed E-state index contributed by atoms with van der Waals surface area (Å²) in [6.45, 7) is 3.47. The van der Waals surface area contributed by atoms with Gasteiger partial charge in [-0.3, -0.25) is 14.4 Å². The van der Waals surface area contributed by atoms with Crippen LogP contribution in [0, 0.1) is 5.82 Å². The number of rotatable bonds is 4. The third-order valence-electron chi connectivity index (χ3n) is 4.36. The highest BCUT2D eigenvalue weighted by molar-refractivity contribution is 6.31. The van der Waals surface area contributed by atoms with Crippen LogP contribution in [0.5, 0.6) is 0 Å². The monoisotopic (exact) mass is 427 g/mol. The molecule has 1 aromatic heterocycles. The van der Waals surface area contributed by atoms with E-state index in [1.54, 1.807) is 16.8 Å². The van der Waals surface area contributed by atoms with Crippen molar-refractivity contribution in [3.63, 3.8) is 0 Å². The van der Waals surface area contributed by atoms with Crippen LogP contribution in [0.15, 0.2) is 24.4 Å². The summed E-state index contributed by atoms with van der Waals surface area (Å²) in [6.07, 6.45) is -2.53. The first-order valence-electron chi connectivity index (χ1n) is 8.76. The van der Waals surface area contributed by atoms with Gasteiger partial charge in [0, 0.05) is 32.4 Å². The quantitative estimate of drug-likeness (QED) is 0.547. The molecule has 0 bridgehead atoms. The second kappa shape index (κ2) is 8.38. The van der Waals surface area contributed by atoms with Crippen molar-refractivity contribution in [3.05, 3.63) is 35.2 Å². The van der Waals surface area contributed by atoms with E-state index in [4.69, 9.17) is 30.5 Å². The molecule has 2 heterocycles. The highest BCUT2D eigenvalue weighted by Crippen LogP contribution is 2.34. The summed E-state index contributed by atoms with van der Waals surface area (Å²) in [4.78, 5) is 34.8. The predicted octanol–water partition coefficient (Wildman–Crippen LogP) is 2.76. The molecule has 0 saturated carbocycles. The Morgan fingerprint density at radius 2 is 1.69 bits per heavy atom. The lowest BCUT2D eigenvalue weighted by Crippen LogP contribution is -2.55. The molecule has 2 aromatic rings. The molecule has 10 heteroatoms. The van der Waals surface area contributed by atoms with Crippen LogP contribution >= 0.6 is 11.6 Å². The highest BCUT2D eigenvalue weighted by Gasteiger charge is 2.47. The van der Waals surface area contributed by atoms with Gasteiger partial charge in [-0.05, 0) is 18.2 Å². The fourth-order valence-corrected chi connectivity index (χ4v) is 3.49. The summed E-state index contributed by atoms with van der Waals surface area (Å²) >= 11 is 5.91. The topological polar surface area (TPSA) is 93.1 Å². The van der Waals surface area contributed by atoms with Crippen LogP contribution in [0.25, 0.3) is 10.9 Å². The Hall–Kier alpha value is -2.65. The average Bonchev–Trinajstić information content (AvgIpc) is 2.99. The fraction of sp³-hybridized carbons (Fsp3) is 0.421. The molecule has 3 rings (SSSR count). The molecule has 1 aromatic carbocycles. The van der Waals surface area contributed by atoms with Crippen molar-refractivity contribution < 1.29 is 37.7 Å². The van der Waals surface area contributed by atoms with Gasteiger partial charge in [-0.25, -0.2) is 4.39 Å². The lowest BCUT2D eigenvalue weighted by atomic mass is 10.0. The first-order valence-corrected chi connectivity index (χ1v) is 9.14. The third-order valence-corrected chi connectivity index (χ3v) is 4.65. The number of carbonyl (C=O) groups excluding carboxylic acids is 3. The Balaban J connectivity index is 2.05. The second-order valence-corrected chi connectivity index (χ2v) is 6.98. The first kappa shape index (κ1) is 21.1. The van der Waals surface area contributed by atoms with Crippen LogP contribution in [-0.4, -0.2) is 47.4 Å². The van der Waals surface area contributed by atoms with E-state index in [9.17, 15) is 18.8 Å². The zero-order valence-corrected chi connectivity index (χ0v) is 16.6. The molecule has 1 saturated heterocycles. The largest absolute Gasteiger partial charge is 0.456 e. The number of hydrogen-bond acceptors (Lipinski definition) is 7. The van der Waals surface area contributed by atoms with Gasteiger partial charge in [0.15, 0.2) is 24.5 Å². The molecule has 4 atom stereocenters. The molecule has 8 nitrogen and oxygen atoms in total. The predicted molar refractivity (Wildman–Crippen MR) is 98.6 cm³/mol. The maximum Gasteiger partial charge on any atom is 0.303 e. The van der Waals surface area contributed by atoms with E-state index < -0.39 is 48.3 Å². The molecule has 0 unspecified atom stereocenters. The van der Waals surface area contributed by atoms with Crippen LogP contribution in [-0.2, 0) is 33.3 Å². The number of nitrogens with zero attached hydrogens (tertiary/aromatic N) is 1. The molecule has 0 aliphatic carbocycles. The van der Waals surface area contributed by atoms with Crippen molar-refractivity contribution in [3.8, 4) is 0 Å². The van der Waals surface area contributed by atoms with Gasteiger partial charge in [0.1, 0.15) is 5.82 Å². The summed E-state index contributed by atoms with van der Waals surface area (Å²) in [7, 11) is 0. The number of ether oxygens (including phenoxy) is 4. The van der Waals surface area contributed by atoms with Gasteiger partial charge in [0.2, 0.25) is 0 Å². The number of carbonyl (C=O) groups is 3. The summed E-state index contributed by atoms with van der Waals surface area (Å²) in [5.41, 5.74) is 0.520. The Bertz CT molecular complexity index is 959. The van der Waals surface area contributed by atoms with E-state index in [-0.39, 0.29) is 11.6 Å². The van der Waals surface area contributed by atoms with Crippen LogP contribution in [0.3, 0.4) is 0 Å². The second-order valence-electron chi connectivity index (χ2n) is 6.57. The van der Waals surface area contributed by atoms with Gasteiger partial charge in [-0.1, -0.05) is 11.6 Å². The van der Waals surface area contributed by atoms with Crippen molar-refractivity contribution in [1.82, 2.24) is 4.57 Å². The molecule has 156 valence electrons. The van der Waals surface area contributed by atoms with Crippen LogP contribution in [0.1, 0.15) is 27.0 Å². The van der Waals surface area contributed by atoms with Gasteiger partial charge >= 0.3 is 17.9 Å². The van der Waals surface area contributed by atoms with E-state index in [2.05, 4.69) is 0 Å². The summed E-state index contributed by atoms with van der Waals surface area (Å²) < 4.78 is 37.1. The van der Waals surface area contributed by atoms with Gasteiger partial charge in [-0.2, -0.15) is 0 Å². The van der Waals surface area contributed by atoms with Crippen molar-refractivity contribution in [2.75, 3.05) is 6.61 Å². The minimum atomic E-state index is -1.13. The molecule has 29 heavy (non-hydrogen) atoms. The number of benzene rings is 1. The number of fused-ring (bicyclic) bond motifs is 1. The third kappa shape index (κ3) is 4.51. The van der Waals surface area contributed by atoms with Gasteiger partial charge < -0.3 is 23.5 Å². The highest BCUT2D eigenvalue weighted by atomic mass is 35.5. The van der Waals surface area contributed by atoms with E-state index >= 15 is 0 Å². The average molecular weight is 428 g/mol. The maximum atomic E-state index is 13.8. The number of aromatic nitrogens is 1. The van der Waals surface area contributed by atoms with Crippen LogP contribution in [0.4, 0.5) is 4.39 Å². The molecule has 0 radical (unpaired) electrons. The standard InChI is InChI=1S/C19H19ClFNO7/c1-9(23)27-16-8-26-19(18(29-11(3)25)17(16)28-10(2)24)22-5-4-12-6-14(21)13(20)7-15(12)22/h4-7,16-19H,8H2,1-3H3/t16-,17+,18-,19-/m1/s1. The molecule has 1 aliphatic rings. The molecule has 0 spiro atoms. The molecule has 0 N–H and O–H groups in total. The Kier molecular flexibility index (Phi) is 6.09. The number of esters is 3. The van der Waals surface area contributed by atoms with Crippen molar-refractivity contribution >= 4 is 40.4 Å². The Morgan fingerprint density at radius 3 is 2.31 bits per heavy atom. The first-order chi connectivity index (χ1) is 13.7. The fourth-order valence-electron chi connectivity index (χ4n) is 3.33. The van der Waals surface area contributed by atoms with Crippen molar-refractivity contribution in [2.45, 2.75) is 45.3 Å². The van der Waals surface area contributed by atoms with Crippen LogP contribution < -0.4 is 0 Å². The normalized spacial score (nSPS) is 24.2. The van der Waals surface area contributed by atoms with E-state index in [0.29, 0.717) is 10.9 Å². The lowest BCUT2D eigenvalue weighted by molar-refractivity contribution is -0.239. The summed E-state index contributed by atoms with van der Waals surface area (Å²) in [5, 5.41) is 0.454. The van der Waals surface area contributed by atoms with Crippen molar-refractivity contribution in [2.24, 2.45) is 0 Å². The smallest absolute Gasteiger partial charge is 0.303 e. The number of hydrogen-bond donors (Lipinski definition) is 0. The van der Waals surface area contributed by atoms with E-state index in [1.165, 1.54) is 32.9 Å². The molecule has 1 fully saturated rings. The molecular weight excluding hydrogens is 409 g/mol.